The molecule has 1 saturated heterocycles. The normalized spacial score (nSPS) is 16.7. The summed E-state index contributed by atoms with van der Waals surface area (Å²) in [5.41, 5.74) is 0.987. The van der Waals surface area contributed by atoms with Gasteiger partial charge in [0.25, 0.3) is 0 Å². The highest BCUT2D eigenvalue weighted by Crippen LogP contribution is 2.31. The number of benzene rings is 1. The van der Waals surface area contributed by atoms with E-state index in [1.807, 2.05) is 0 Å². The molecular formula is C16H24Cl2F4N2O. The molecule has 1 aromatic rings. The van der Waals surface area contributed by atoms with Gasteiger partial charge in [-0.05, 0) is 24.1 Å². The molecule has 25 heavy (non-hydrogen) atoms. The summed E-state index contributed by atoms with van der Waals surface area (Å²) in [6, 6.07) is 6.22. The highest BCUT2D eigenvalue weighted by Gasteiger charge is 2.43. The SMILES string of the molecule is CCC[C@H](c1ccc(OC(F)(F)C(F)F)cc1)N1CCNCC1.Cl.Cl. The molecule has 3 nitrogen and oxygen atoms in total. The zero-order chi connectivity index (χ0) is 16.9. The Hall–Kier alpha value is -0.760. The molecule has 0 aliphatic carbocycles. The quantitative estimate of drug-likeness (QED) is 0.673. The first-order valence-corrected chi connectivity index (χ1v) is 7.83. The maximum Gasteiger partial charge on any atom is 0.461 e. The number of nitrogens with zero attached hydrogens (tertiary/aromatic N) is 1. The van der Waals surface area contributed by atoms with Crippen LogP contribution in [0.3, 0.4) is 0 Å². The number of nitrogens with one attached hydrogen (secondary N) is 1. The third-order valence-electron chi connectivity index (χ3n) is 3.93. The number of alkyl halides is 4. The zero-order valence-electron chi connectivity index (χ0n) is 13.9. The largest absolute Gasteiger partial charge is 0.461 e. The van der Waals surface area contributed by atoms with Gasteiger partial charge in [-0.15, -0.1) is 24.8 Å². The topological polar surface area (TPSA) is 24.5 Å². The third-order valence-corrected chi connectivity index (χ3v) is 3.93. The summed E-state index contributed by atoms with van der Waals surface area (Å²) in [6.07, 6.45) is -6.37. The van der Waals surface area contributed by atoms with Crippen LogP contribution >= 0.6 is 24.8 Å². The molecular weight excluding hydrogens is 383 g/mol. The van der Waals surface area contributed by atoms with Gasteiger partial charge in [0.1, 0.15) is 5.75 Å². The van der Waals surface area contributed by atoms with Crippen LogP contribution in [0.2, 0.25) is 0 Å². The first-order chi connectivity index (χ1) is 10.9. The van der Waals surface area contributed by atoms with Gasteiger partial charge in [0.2, 0.25) is 0 Å². The lowest BCUT2D eigenvalue weighted by molar-refractivity contribution is -0.253. The third kappa shape index (κ3) is 6.81. The molecule has 2 rings (SSSR count). The van der Waals surface area contributed by atoms with E-state index in [-0.39, 0.29) is 36.6 Å². The van der Waals surface area contributed by atoms with Gasteiger partial charge in [0.05, 0.1) is 0 Å². The van der Waals surface area contributed by atoms with E-state index < -0.39 is 12.5 Å². The molecule has 1 aliphatic rings. The molecule has 0 unspecified atom stereocenters. The van der Waals surface area contributed by atoms with E-state index in [9.17, 15) is 17.6 Å². The van der Waals surface area contributed by atoms with Crippen molar-refractivity contribution in [2.24, 2.45) is 0 Å². The molecule has 1 aliphatic heterocycles. The molecule has 1 aromatic carbocycles. The fourth-order valence-electron chi connectivity index (χ4n) is 2.79. The number of rotatable bonds is 7. The Morgan fingerprint density at radius 2 is 1.68 bits per heavy atom. The highest BCUT2D eigenvalue weighted by molar-refractivity contribution is 5.85. The number of hydrogen-bond donors (Lipinski definition) is 1. The summed E-state index contributed by atoms with van der Waals surface area (Å²) in [4.78, 5) is 2.35. The van der Waals surface area contributed by atoms with Gasteiger partial charge >= 0.3 is 12.5 Å². The summed E-state index contributed by atoms with van der Waals surface area (Å²) in [7, 11) is 0. The van der Waals surface area contributed by atoms with Gasteiger partial charge < -0.3 is 10.1 Å². The summed E-state index contributed by atoms with van der Waals surface area (Å²) < 4.78 is 54.3. The van der Waals surface area contributed by atoms with Crippen molar-refractivity contribution in [3.05, 3.63) is 29.8 Å². The smallest absolute Gasteiger partial charge is 0.428 e. The van der Waals surface area contributed by atoms with Crippen LogP contribution in [0.4, 0.5) is 17.6 Å². The van der Waals surface area contributed by atoms with Crippen molar-refractivity contribution in [2.75, 3.05) is 26.2 Å². The molecule has 0 spiro atoms. The van der Waals surface area contributed by atoms with E-state index in [2.05, 4.69) is 21.9 Å². The molecule has 9 heteroatoms. The van der Waals surface area contributed by atoms with Gasteiger partial charge in [-0.3, -0.25) is 4.90 Å². The van der Waals surface area contributed by atoms with Crippen LogP contribution in [0.1, 0.15) is 31.4 Å². The van der Waals surface area contributed by atoms with Crippen molar-refractivity contribution in [3.8, 4) is 5.75 Å². The number of piperazine rings is 1. The van der Waals surface area contributed by atoms with Crippen LogP contribution < -0.4 is 10.1 Å². The van der Waals surface area contributed by atoms with Crippen LogP contribution in [0.15, 0.2) is 24.3 Å². The lowest BCUT2D eigenvalue weighted by Gasteiger charge is -2.35. The predicted molar refractivity (Wildman–Crippen MR) is 94.6 cm³/mol. The number of ether oxygens (including phenoxy) is 1. The Balaban J connectivity index is 0.00000288. The van der Waals surface area contributed by atoms with Crippen molar-refractivity contribution < 1.29 is 22.3 Å². The molecule has 1 fully saturated rings. The molecule has 146 valence electrons. The standard InChI is InChI=1S/C16H22F4N2O.2ClH/c1-2-3-14(22-10-8-21-9-11-22)12-4-6-13(7-5-12)23-16(19,20)15(17)18;;/h4-7,14-15,21H,2-3,8-11H2,1H3;2*1H/t14-;;/m1../s1. The number of hydrogen-bond acceptors (Lipinski definition) is 3. The van der Waals surface area contributed by atoms with E-state index in [4.69, 9.17) is 0 Å². The molecule has 1 heterocycles. The Kier molecular flexibility index (Phi) is 10.7. The molecule has 0 bridgehead atoms. The van der Waals surface area contributed by atoms with Crippen LogP contribution in [0, 0.1) is 0 Å². The Bertz CT molecular complexity index is 486. The maximum atomic E-state index is 12.9. The monoisotopic (exact) mass is 406 g/mol. The minimum Gasteiger partial charge on any atom is -0.428 e. The van der Waals surface area contributed by atoms with E-state index in [0.29, 0.717) is 0 Å². The summed E-state index contributed by atoms with van der Waals surface area (Å²) in [5, 5.41) is 3.29. The summed E-state index contributed by atoms with van der Waals surface area (Å²) in [6.45, 7) is 5.78. The van der Waals surface area contributed by atoms with E-state index >= 15 is 0 Å². The second-order valence-corrected chi connectivity index (χ2v) is 5.62. The Morgan fingerprint density at radius 1 is 1.12 bits per heavy atom. The molecule has 0 amide bonds. The van der Waals surface area contributed by atoms with Crippen LogP contribution in [-0.4, -0.2) is 43.6 Å². The molecule has 0 saturated carbocycles. The second kappa shape index (κ2) is 11.1. The minimum atomic E-state index is -4.47. The van der Waals surface area contributed by atoms with Gasteiger partial charge in [-0.25, -0.2) is 0 Å². The Morgan fingerprint density at radius 3 is 2.16 bits per heavy atom. The first kappa shape index (κ1) is 24.2. The fraction of sp³-hybridized carbons (Fsp3) is 0.625. The molecule has 0 radical (unpaired) electrons. The Labute approximate surface area is 157 Å². The second-order valence-electron chi connectivity index (χ2n) is 5.62. The van der Waals surface area contributed by atoms with Gasteiger partial charge in [0.15, 0.2) is 0 Å². The highest BCUT2D eigenvalue weighted by atomic mass is 35.5. The molecule has 1 atom stereocenters. The zero-order valence-corrected chi connectivity index (χ0v) is 15.5. The van der Waals surface area contributed by atoms with Crippen molar-refractivity contribution in [3.63, 3.8) is 0 Å². The van der Waals surface area contributed by atoms with E-state index in [1.165, 1.54) is 12.1 Å². The maximum absolute atomic E-state index is 12.9. The average Bonchev–Trinajstić information content (AvgIpc) is 2.54. The van der Waals surface area contributed by atoms with Crippen molar-refractivity contribution in [1.29, 1.82) is 0 Å². The van der Waals surface area contributed by atoms with Crippen molar-refractivity contribution >= 4 is 24.8 Å². The van der Waals surface area contributed by atoms with Gasteiger partial charge in [-0.2, -0.15) is 17.6 Å². The van der Waals surface area contributed by atoms with Gasteiger partial charge in [0, 0.05) is 32.2 Å². The van der Waals surface area contributed by atoms with Crippen molar-refractivity contribution in [2.45, 2.75) is 38.3 Å². The van der Waals surface area contributed by atoms with Crippen LogP contribution in [0.5, 0.6) is 5.75 Å². The predicted octanol–water partition coefficient (Wildman–Crippen LogP) is 4.51. The van der Waals surface area contributed by atoms with E-state index in [0.717, 1.165) is 44.6 Å². The van der Waals surface area contributed by atoms with Gasteiger partial charge in [-0.1, -0.05) is 25.5 Å². The lowest BCUT2D eigenvalue weighted by Crippen LogP contribution is -2.45. The number of halogens is 6. The average molecular weight is 407 g/mol. The van der Waals surface area contributed by atoms with E-state index in [1.54, 1.807) is 12.1 Å². The minimum absolute atomic E-state index is 0. The molecule has 1 N–H and O–H groups in total. The molecule has 0 aromatic heterocycles. The summed E-state index contributed by atoms with van der Waals surface area (Å²) >= 11 is 0. The summed E-state index contributed by atoms with van der Waals surface area (Å²) in [5.74, 6) is -0.255. The van der Waals surface area contributed by atoms with Crippen LogP contribution in [0.25, 0.3) is 0 Å². The first-order valence-electron chi connectivity index (χ1n) is 7.83. The lowest BCUT2D eigenvalue weighted by atomic mass is 10.00. The fourth-order valence-corrected chi connectivity index (χ4v) is 2.79. The van der Waals surface area contributed by atoms with Crippen molar-refractivity contribution in [1.82, 2.24) is 10.2 Å². The van der Waals surface area contributed by atoms with Crippen LogP contribution in [-0.2, 0) is 0 Å².